The highest BCUT2D eigenvalue weighted by molar-refractivity contribution is 5.62. The lowest BCUT2D eigenvalue weighted by Gasteiger charge is -2.20. The topological polar surface area (TPSA) is 21.3 Å². The predicted molar refractivity (Wildman–Crippen MR) is 95.2 cm³/mol. The van der Waals surface area contributed by atoms with Crippen molar-refractivity contribution in [3.05, 3.63) is 59.2 Å². The van der Waals surface area contributed by atoms with E-state index in [-0.39, 0.29) is 6.10 Å². The first-order valence-electron chi connectivity index (χ1n) is 8.51. The van der Waals surface area contributed by atoms with Gasteiger partial charge in [0.1, 0.15) is 0 Å². The number of hydrogen-bond donors (Lipinski definition) is 1. The van der Waals surface area contributed by atoms with Gasteiger partial charge in [-0.15, -0.1) is 0 Å². The minimum absolute atomic E-state index is 0.0533. The van der Waals surface area contributed by atoms with Crippen LogP contribution in [-0.2, 0) is 10.9 Å². The van der Waals surface area contributed by atoms with E-state index in [0.717, 1.165) is 41.8 Å². The first kappa shape index (κ1) is 19.3. The Morgan fingerprint density at radius 1 is 1.04 bits per heavy atom. The molecule has 5 heteroatoms. The van der Waals surface area contributed by atoms with Gasteiger partial charge in [0.25, 0.3) is 0 Å². The zero-order valence-electron chi connectivity index (χ0n) is 14.8. The van der Waals surface area contributed by atoms with Gasteiger partial charge in [-0.1, -0.05) is 25.5 Å². The van der Waals surface area contributed by atoms with Crippen LogP contribution in [-0.4, -0.2) is 6.61 Å². The maximum Gasteiger partial charge on any atom is 0.416 e. The van der Waals surface area contributed by atoms with Crippen LogP contribution in [0.4, 0.5) is 24.5 Å². The SMILES string of the molecule is CCCC(OCC)c1ccc(Nc2cccc(C(F)(F)F)c2)cc1C. The van der Waals surface area contributed by atoms with Crippen molar-refractivity contribution in [2.75, 3.05) is 11.9 Å². The summed E-state index contributed by atoms with van der Waals surface area (Å²) >= 11 is 0. The van der Waals surface area contributed by atoms with Crippen molar-refractivity contribution in [2.24, 2.45) is 0 Å². The van der Waals surface area contributed by atoms with Crippen LogP contribution in [0.2, 0.25) is 0 Å². The molecule has 0 saturated heterocycles. The first-order valence-corrected chi connectivity index (χ1v) is 8.51. The molecule has 0 aliphatic heterocycles. The van der Waals surface area contributed by atoms with Crippen molar-refractivity contribution in [3.8, 4) is 0 Å². The van der Waals surface area contributed by atoms with Crippen LogP contribution in [0.5, 0.6) is 0 Å². The molecular weight excluding hydrogens is 327 g/mol. The van der Waals surface area contributed by atoms with E-state index >= 15 is 0 Å². The first-order chi connectivity index (χ1) is 11.8. The average Bonchev–Trinajstić information content (AvgIpc) is 2.54. The van der Waals surface area contributed by atoms with E-state index in [1.54, 1.807) is 6.07 Å². The van der Waals surface area contributed by atoms with Crippen molar-refractivity contribution in [1.82, 2.24) is 0 Å². The number of ether oxygens (including phenoxy) is 1. The van der Waals surface area contributed by atoms with E-state index in [1.165, 1.54) is 6.07 Å². The summed E-state index contributed by atoms with van der Waals surface area (Å²) in [5.74, 6) is 0. The minimum Gasteiger partial charge on any atom is -0.374 e. The number of nitrogens with one attached hydrogen (secondary N) is 1. The molecule has 1 unspecified atom stereocenters. The lowest BCUT2D eigenvalue weighted by atomic mass is 9.99. The molecule has 0 saturated carbocycles. The molecule has 0 aliphatic rings. The molecule has 0 amide bonds. The standard InChI is InChI=1S/C20H24F3NO/c1-4-7-19(25-5-2)18-11-10-17(12-14(18)3)24-16-9-6-8-15(13-16)20(21,22)23/h6,8-13,19,24H,4-5,7H2,1-3H3. The highest BCUT2D eigenvalue weighted by Crippen LogP contribution is 2.32. The van der Waals surface area contributed by atoms with Gasteiger partial charge in [0.05, 0.1) is 11.7 Å². The van der Waals surface area contributed by atoms with Crippen LogP contribution >= 0.6 is 0 Å². The molecule has 0 heterocycles. The molecule has 25 heavy (non-hydrogen) atoms. The van der Waals surface area contributed by atoms with Crippen molar-refractivity contribution in [2.45, 2.75) is 45.9 Å². The van der Waals surface area contributed by atoms with Gasteiger partial charge in [-0.3, -0.25) is 0 Å². The third-order valence-electron chi connectivity index (χ3n) is 4.01. The van der Waals surface area contributed by atoms with Gasteiger partial charge in [0.15, 0.2) is 0 Å². The number of benzene rings is 2. The van der Waals surface area contributed by atoms with Crippen LogP contribution in [0.15, 0.2) is 42.5 Å². The Labute approximate surface area is 147 Å². The Bertz CT molecular complexity index is 692. The molecule has 0 radical (unpaired) electrons. The normalized spacial score (nSPS) is 12.9. The Kier molecular flexibility index (Phi) is 6.48. The van der Waals surface area contributed by atoms with Crippen LogP contribution in [0.3, 0.4) is 0 Å². The maximum absolute atomic E-state index is 12.8. The molecule has 0 aliphatic carbocycles. The van der Waals surface area contributed by atoms with E-state index < -0.39 is 11.7 Å². The summed E-state index contributed by atoms with van der Waals surface area (Å²) in [4.78, 5) is 0. The van der Waals surface area contributed by atoms with Gasteiger partial charge in [0, 0.05) is 18.0 Å². The van der Waals surface area contributed by atoms with Gasteiger partial charge in [0.2, 0.25) is 0 Å². The van der Waals surface area contributed by atoms with Gasteiger partial charge in [-0.05, 0) is 61.7 Å². The molecule has 0 fully saturated rings. The highest BCUT2D eigenvalue weighted by atomic mass is 19.4. The Hall–Kier alpha value is -2.01. The summed E-state index contributed by atoms with van der Waals surface area (Å²) in [7, 11) is 0. The van der Waals surface area contributed by atoms with Crippen LogP contribution in [0.1, 0.15) is 49.5 Å². The van der Waals surface area contributed by atoms with Crippen molar-refractivity contribution in [1.29, 1.82) is 0 Å². The number of halogens is 3. The molecule has 2 nitrogen and oxygen atoms in total. The van der Waals surface area contributed by atoms with Crippen molar-refractivity contribution >= 4 is 11.4 Å². The van der Waals surface area contributed by atoms with Gasteiger partial charge < -0.3 is 10.1 Å². The third kappa shape index (κ3) is 5.23. The largest absolute Gasteiger partial charge is 0.416 e. The van der Waals surface area contributed by atoms with Gasteiger partial charge in [-0.25, -0.2) is 0 Å². The van der Waals surface area contributed by atoms with E-state index in [1.807, 2.05) is 32.0 Å². The summed E-state index contributed by atoms with van der Waals surface area (Å²) in [6.45, 7) is 6.73. The van der Waals surface area contributed by atoms with Gasteiger partial charge >= 0.3 is 6.18 Å². The second-order valence-electron chi connectivity index (χ2n) is 6.01. The summed E-state index contributed by atoms with van der Waals surface area (Å²) < 4.78 is 44.3. The fraction of sp³-hybridized carbons (Fsp3) is 0.400. The van der Waals surface area contributed by atoms with Crippen LogP contribution in [0.25, 0.3) is 0 Å². The Balaban J connectivity index is 2.20. The zero-order chi connectivity index (χ0) is 18.4. The fourth-order valence-corrected chi connectivity index (χ4v) is 2.85. The monoisotopic (exact) mass is 351 g/mol. The summed E-state index contributed by atoms with van der Waals surface area (Å²) in [6, 6.07) is 11.0. The molecule has 0 bridgehead atoms. The van der Waals surface area contributed by atoms with E-state index in [0.29, 0.717) is 12.3 Å². The zero-order valence-corrected chi connectivity index (χ0v) is 14.8. The summed E-state index contributed by atoms with van der Waals surface area (Å²) in [5, 5.41) is 3.05. The molecule has 136 valence electrons. The molecule has 0 spiro atoms. The molecular formula is C20H24F3NO. The lowest BCUT2D eigenvalue weighted by molar-refractivity contribution is -0.137. The van der Waals surface area contributed by atoms with Crippen LogP contribution < -0.4 is 5.32 Å². The van der Waals surface area contributed by atoms with E-state index in [4.69, 9.17) is 4.74 Å². The van der Waals surface area contributed by atoms with E-state index in [2.05, 4.69) is 12.2 Å². The fourth-order valence-electron chi connectivity index (χ4n) is 2.85. The molecule has 1 N–H and O–H groups in total. The Morgan fingerprint density at radius 2 is 1.76 bits per heavy atom. The van der Waals surface area contributed by atoms with Crippen molar-refractivity contribution < 1.29 is 17.9 Å². The second kappa shape index (κ2) is 8.39. The van der Waals surface area contributed by atoms with Crippen molar-refractivity contribution in [3.63, 3.8) is 0 Å². The number of aryl methyl sites for hydroxylation is 1. The molecule has 2 rings (SSSR count). The highest BCUT2D eigenvalue weighted by Gasteiger charge is 2.30. The van der Waals surface area contributed by atoms with E-state index in [9.17, 15) is 13.2 Å². The summed E-state index contributed by atoms with van der Waals surface area (Å²) in [5.41, 5.74) is 2.69. The molecule has 0 aromatic heterocycles. The smallest absolute Gasteiger partial charge is 0.374 e. The Morgan fingerprint density at radius 3 is 2.36 bits per heavy atom. The predicted octanol–water partition coefficient (Wildman–Crippen LogP) is 6.64. The third-order valence-corrected chi connectivity index (χ3v) is 4.01. The minimum atomic E-state index is -4.34. The molecule has 1 atom stereocenters. The van der Waals surface area contributed by atoms with Gasteiger partial charge in [-0.2, -0.15) is 13.2 Å². The maximum atomic E-state index is 12.8. The van der Waals surface area contributed by atoms with Crippen LogP contribution in [0, 0.1) is 6.92 Å². The average molecular weight is 351 g/mol. The number of hydrogen-bond acceptors (Lipinski definition) is 2. The number of rotatable bonds is 7. The molecule has 2 aromatic rings. The quantitative estimate of drug-likeness (QED) is 0.604. The number of alkyl halides is 3. The lowest BCUT2D eigenvalue weighted by Crippen LogP contribution is -2.07. The molecule has 2 aromatic carbocycles. The summed E-state index contributed by atoms with van der Waals surface area (Å²) in [6.07, 6.45) is -2.33. The number of anilines is 2. The second-order valence-corrected chi connectivity index (χ2v) is 6.01.